The molecule has 1 rings (SSSR count). The van der Waals surface area contributed by atoms with Gasteiger partial charge in [-0.05, 0) is 19.3 Å². The highest BCUT2D eigenvalue weighted by atomic mass is 16.5. The van der Waals surface area contributed by atoms with Crippen LogP contribution < -0.4 is 0 Å². The number of rotatable bonds is 4. The van der Waals surface area contributed by atoms with Gasteiger partial charge in [-0.1, -0.05) is 6.92 Å². The lowest BCUT2D eigenvalue weighted by Crippen LogP contribution is -2.45. The normalized spacial score (nSPS) is 28.4. The summed E-state index contributed by atoms with van der Waals surface area (Å²) >= 11 is 0. The van der Waals surface area contributed by atoms with Crippen molar-refractivity contribution < 1.29 is 14.6 Å². The van der Waals surface area contributed by atoms with Gasteiger partial charge >= 0.3 is 0 Å². The molecule has 0 aliphatic carbocycles. The molecular formula is C10H20O3. The second-order valence-corrected chi connectivity index (χ2v) is 3.80. The van der Waals surface area contributed by atoms with Gasteiger partial charge < -0.3 is 14.6 Å². The summed E-state index contributed by atoms with van der Waals surface area (Å²) in [6.45, 7) is 3.92. The van der Waals surface area contributed by atoms with E-state index in [1.807, 2.05) is 6.92 Å². The van der Waals surface area contributed by atoms with Crippen LogP contribution in [0.25, 0.3) is 0 Å². The zero-order valence-electron chi connectivity index (χ0n) is 8.58. The second-order valence-electron chi connectivity index (χ2n) is 3.80. The second kappa shape index (κ2) is 4.94. The standard InChI is InChI=1S/C10H20O3/c1-3-10(11,8-12-2)9-5-4-6-13-7-9/h9,11H,3-8H2,1-2H3. The predicted octanol–water partition coefficient (Wildman–Crippen LogP) is 1.20. The van der Waals surface area contributed by atoms with Gasteiger partial charge in [0.25, 0.3) is 0 Å². The zero-order chi connectivity index (χ0) is 9.73. The molecular weight excluding hydrogens is 168 g/mol. The summed E-state index contributed by atoms with van der Waals surface area (Å²) in [6, 6.07) is 0. The van der Waals surface area contributed by atoms with E-state index < -0.39 is 5.60 Å². The van der Waals surface area contributed by atoms with Gasteiger partial charge in [0.15, 0.2) is 0 Å². The molecule has 0 aromatic rings. The Morgan fingerprint density at radius 2 is 2.38 bits per heavy atom. The van der Waals surface area contributed by atoms with Crippen LogP contribution in [0.15, 0.2) is 0 Å². The van der Waals surface area contributed by atoms with Crippen LogP contribution >= 0.6 is 0 Å². The Hall–Kier alpha value is -0.120. The zero-order valence-corrected chi connectivity index (χ0v) is 8.58. The average Bonchev–Trinajstić information content (AvgIpc) is 2.19. The quantitative estimate of drug-likeness (QED) is 0.720. The number of methoxy groups -OCH3 is 1. The van der Waals surface area contributed by atoms with Gasteiger partial charge in [0, 0.05) is 19.6 Å². The van der Waals surface area contributed by atoms with Gasteiger partial charge in [-0.3, -0.25) is 0 Å². The lowest BCUT2D eigenvalue weighted by atomic mass is 9.82. The van der Waals surface area contributed by atoms with E-state index >= 15 is 0 Å². The number of ether oxygens (including phenoxy) is 2. The van der Waals surface area contributed by atoms with Crippen molar-refractivity contribution in [3.63, 3.8) is 0 Å². The molecule has 0 aromatic heterocycles. The molecule has 0 saturated carbocycles. The molecule has 0 aromatic carbocycles. The van der Waals surface area contributed by atoms with Gasteiger partial charge in [0.1, 0.15) is 0 Å². The first kappa shape index (κ1) is 11.0. The lowest BCUT2D eigenvalue weighted by molar-refractivity contribution is -0.115. The summed E-state index contributed by atoms with van der Waals surface area (Å²) in [5.41, 5.74) is -0.685. The molecule has 1 N–H and O–H groups in total. The van der Waals surface area contributed by atoms with Crippen LogP contribution in [-0.4, -0.2) is 37.6 Å². The highest BCUT2D eigenvalue weighted by Crippen LogP contribution is 2.28. The monoisotopic (exact) mass is 188 g/mol. The predicted molar refractivity (Wildman–Crippen MR) is 50.7 cm³/mol. The highest BCUT2D eigenvalue weighted by molar-refractivity contribution is 4.86. The first-order valence-electron chi connectivity index (χ1n) is 5.02. The van der Waals surface area contributed by atoms with E-state index in [2.05, 4.69) is 0 Å². The van der Waals surface area contributed by atoms with Crippen molar-refractivity contribution in [3.8, 4) is 0 Å². The molecule has 78 valence electrons. The van der Waals surface area contributed by atoms with Gasteiger partial charge in [-0.25, -0.2) is 0 Å². The minimum atomic E-state index is -0.685. The molecule has 0 amide bonds. The molecule has 3 heteroatoms. The molecule has 3 nitrogen and oxygen atoms in total. The summed E-state index contributed by atoms with van der Waals surface area (Å²) in [6.07, 6.45) is 2.83. The van der Waals surface area contributed by atoms with E-state index in [1.165, 1.54) is 0 Å². The van der Waals surface area contributed by atoms with Crippen LogP contribution in [0.4, 0.5) is 0 Å². The third-order valence-corrected chi connectivity index (χ3v) is 2.93. The first-order chi connectivity index (χ1) is 6.23. The molecule has 1 fully saturated rings. The fraction of sp³-hybridized carbons (Fsp3) is 1.00. The molecule has 0 bridgehead atoms. The Morgan fingerprint density at radius 1 is 1.62 bits per heavy atom. The van der Waals surface area contributed by atoms with Crippen LogP contribution in [0.5, 0.6) is 0 Å². The topological polar surface area (TPSA) is 38.7 Å². The molecule has 2 atom stereocenters. The first-order valence-corrected chi connectivity index (χ1v) is 5.02. The fourth-order valence-corrected chi connectivity index (χ4v) is 1.92. The van der Waals surface area contributed by atoms with Crippen molar-refractivity contribution in [1.29, 1.82) is 0 Å². The van der Waals surface area contributed by atoms with E-state index in [1.54, 1.807) is 7.11 Å². The Kier molecular flexibility index (Phi) is 4.16. The maximum atomic E-state index is 10.2. The van der Waals surface area contributed by atoms with Gasteiger partial charge in [0.2, 0.25) is 0 Å². The molecule has 0 radical (unpaired) electrons. The lowest BCUT2D eigenvalue weighted by Gasteiger charge is -2.37. The van der Waals surface area contributed by atoms with Crippen molar-refractivity contribution in [2.75, 3.05) is 26.9 Å². The van der Waals surface area contributed by atoms with Gasteiger partial charge in [0.05, 0.1) is 18.8 Å². The largest absolute Gasteiger partial charge is 0.387 e. The molecule has 0 spiro atoms. The molecule has 2 unspecified atom stereocenters. The van der Waals surface area contributed by atoms with Crippen LogP contribution in [0.1, 0.15) is 26.2 Å². The Labute approximate surface area is 80.0 Å². The molecule has 1 saturated heterocycles. The van der Waals surface area contributed by atoms with Crippen molar-refractivity contribution in [2.24, 2.45) is 5.92 Å². The summed E-state index contributed by atoms with van der Waals surface area (Å²) < 4.78 is 10.4. The van der Waals surface area contributed by atoms with Crippen LogP contribution in [0, 0.1) is 5.92 Å². The average molecular weight is 188 g/mol. The van der Waals surface area contributed by atoms with Crippen LogP contribution in [-0.2, 0) is 9.47 Å². The highest BCUT2D eigenvalue weighted by Gasteiger charge is 2.36. The van der Waals surface area contributed by atoms with Crippen molar-refractivity contribution in [1.82, 2.24) is 0 Å². The smallest absolute Gasteiger partial charge is 0.0927 e. The van der Waals surface area contributed by atoms with E-state index in [9.17, 15) is 5.11 Å². The number of hydrogen-bond acceptors (Lipinski definition) is 3. The molecule has 1 heterocycles. The van der Waals surface area contributed by atoms with Crippen LogP contribution in [0.2, 0.25) is 0 Å². The summed E-state index contributed by atoms with van der Waals surface area (Å²) in [5, 5.41) is 10.2. The van der Waals surface area contributed by atoms with E-state index in [-0.39, 0.29) is 5.92 Å². The maximum absolute atomic E-state index is 10.2. The number of hydrogen-bond donors (Lipinski definition) is 1. The number of aliphatic hydroxyl groups is 1. The minimum absolute atomic E-state index is 0.242. The van der Waals surface area contributed by atoms with Crippen molar-refractivity contribution in [3.05, 3.63) is 0 Å². The SMILES string of the molecule is CCC(O)(COC)C1CCCOC1. The molecule has 1 aliphatic heterocycles. The summed E-state index contributed by atoms with van der Waals surface area (Å²) in [5.74, 6) is 0.242. The van der Waals surface area contributed by atoms with Crippen molar-refractivity contribution in [2.45, 2.75) is 31.8 Å². The fourth-order valence-electron chi connectivity index (χ4n) is 1.92. The summed E-state index contributed by atoms with van der Waals surface area (Å²) in [4.78, 5) is 0. The van der Waals surface area contributed by atoms with Crippen molar-refractivity contribution >= 4 is 0 Å². The Bertz CT molecular complexity index is 143. The Morgan fingerprint density at radius 3 is 2.85 bits per heavy atom. The summed E-state index contributed by atoms with van der Waals surface area (Å²) in [7, 11) is 1.63. The van der Waals surface area contributed by atoms with E-state index in [0.29, 0.717) is 13.2 Å². The minimum Gasteiger partial charge on any atom is -0.387 e. The van der Waals surface area contributed by atoms with Gasteiger partial charge in [-0.15, -0.1) is 0 Å². The maximum Gasteiger partial charge on any atom is 0.0927 e. The van der Waals surface area contributed by atoms with Crippen LogP contribution in [0.3, 0.4) is 0 Å². The molecule has 13 heavy (non-hydrogen) atoms. The molecule has 1 aliphatic rings. The van der Waals surface area contributed by atoms with E-state index in [0.717, 1.165) is 25.9 Å². The van der Waals surface area contributed by atoms with E-state index in [4.69, 9.17) is 9.47 Å². The van der Waals surface area contributed by atoms with Gasteiger partial charge in [-0.2, -0.15) is 0 Å². The Balaban J connectivity index is 2.51. The third-order valence-electron chi connectivity index (χ3n) is 2.93. The third kappa shape index (κ3) is 2.66.